The van der Waals surface area contributed by atoms with E-state index in [1.165, 1.54) is 12.8 Å². The molecule has 114 valence electrons. The molecule has 2 fully saturated rings. The van der Waals surface area contributed by atoms with Crippen molar-refractivity contribution in [3.8, 4) is 5.75 Å². The summed E-state index contributed by atoms with van der Waals surface area (Å²) < 4.78 is 5.63. The summed E-state index contributed by atoms with van der Waals surface area (Å²) in [4.78, 5) is 12.0. The van der Waals surface area contributed by atoms with Crippen molar-refractivity contribution in [2.24, 2.45) is 11.3 Å². The second-order valence-electron chi connectivity index (χ2n) is 7.32. The molecule has 2 saturated carbocycles. The van der Waals surface area contributed by atoms with Crippen LogP contribution >= 0.6 is 11.6 Å². The Kier molecular flexibility index (Phi) is 4.00. The molecule has 3 heteroatoms. The molecule has 0 spiro atoms. The van der Waals surface area contributed by atoms with Crippen LogP contribution in [0.4, 0.5) is 0 Å². The van der Waals surface area contributed by atoms with Crippen molar-refractivity contribution >= 4 is 17.6 Å². The van der Waals surface area contributed by atoms with Gasteiger partial charge in [0.2, 0.25) is 0 Å². The van der Waals surface area contributed by atoms with Gasteiger partial charge in [0.15, 0.2) is 0 Å². The Bertz CT molecular complexity index is 536. The minimum absolute atomic E-state index is 0.0883. The van der Waals surface area contributed by atoms with E-state index in [-0.39, 0.29) is 11.9 Å². The van der Waals surface area contributed by atoms with Gasteiger partial charge in [0.1, 0.15) is 5.75 Å². The van der Waals surface area contributed by atoms with Crippen molar-refractivity contribution in [1.29, 1.82) is 0 Å². The van der Waals surface area contributed by atoms with Crippen LogP contribution in [0.1, 0.15) is 63.9 Å². The van der Waals surface area contributed by atoms with E-state index in [2.05, 4.69) is 13.8 Å². The summed E-state index contributed by atoms with van der Waals surface area (Å²) in [7, 11) is 0. The highest BCUT2D eigenvalue weighted by molar-refractivity contribution is 6.30. The van der Waals surface area contributed by atoms with Crippen molar-refractivity contribution in [2.45, 2.75) is 58.3 Å². The Morgan fingerprint density at radius 1 is 1.19 bits per heavy atom. The number of ether oxygens (including phenoxy) is 1. The van der Waals surface area contributed by atoms with Crippen molar-refractivity contribution in [1.82, 2.24) is 0 Å². The topological polar surface area (TPSA) is 26.3 Å². The van der Waals surface area contributed by atoms with E-state index in [1.807, 2.05) is 12.1 Å². The molecule has 0 unspecified atom stereocenters. The fourth-order valence-electron chi connectivity index (χ4n) is 3.15. The molecule has 0 aliphatic heterocycles. The van der Waals surface area contributed by atoms with Crippen molar-refractivity contribution in [3.63, 3.8) is 0 Å². The molecule has 0 bridgehead atoms. The average molecular weight is 307 g/mol. The first-order valence-electron chi connectivity index (χ1n) is 7.96. The molecule has 0 heterocycles. The van der Waals surface area contributed by atoms with E-state index in [4.69, 9.17) is 16.3 Å². The van der Waals surface area contributed by atoms with Gasteiger partial charge in [0.25, 0.3) is 0 Å². The standard InChI is InChI=1S/C18H23ClO2/c1-18(2)9-7-12(8-10-18)15-6-5-14(19)11-16(15)21-17(20)13-3-4-13/h5-6,11-13H,3-4,7-10H2,1-2H3. The first kappa shape index (κ1) is 14.9. The van der Waals surface area contributed by atoms with E-state index in [0.29, 0.717) is 22.1 Å². The van der Waals surface area contributed by atoms with Crippen LogP contribution in [0, 0.1) is 11.3 Å². The molecule has 21 heavy (non-hydrogen) atoms. The smallest absolute Gasteiger partial charge is 0.314 e. The summed E-state index contributed by atoms with van der Waals surface area (Å²) in [6, 6.07) is 5.75. The number of carbonyl (C=O) groups excluding carboxylic acids is 1. The van der Waals surface area contributed by atoms with Gasteiger partial charge in [0.05, 0.1) is 5.92 Å². The van der Waals surface area contributed by atoms with Crippen LogP contribution in [0.2, 0.25) is 5.02 Å². The second kappa shape index (κ2) is 5.64. The first-order valence-corrected chi connectivity index (χ1v) is 8.33. The average Bonchev–Trinajstić information content (AvgIpc) is 3.24. The highest BCUT2D eigenvalue weighted by Crippen LogP contribution is 2.45. The quantitative estimate of drug-likeness (QED) is 0.556. The number of rotatable bonds is 3. The van der Waals surface area contributed by atoms with Gasteiger partial charge in [-0.1, -0.05) is 31.5 Å². The molecule has 3 rings (SSSR count). The maximum atomic E-state index is 12.0. The molecule has 0 N–H and O–H groups in total. The summed E-state index contributed by atoms with van der Waals surface area (Å²) in [5.41, 5.74) is 1.59. The van der Waals surface area contributed by atoms with Crippen LogP contribution in [0.5, 0.6) is 5.75 Å². The summed E-state index contributed by atoms with van der Waals surface area (Å²) >= 11 is 6.09. The highest BCUT2D eigenvalue weighted by Gasteiger charge is 2.33. The van der Waals surface area contributed by atoms with Gasteiger partial charge < -0.3 is 4.74 Å². The van der Waals surface area contributed by atoms with Gasteiger partial charge in [-0.2, -0.15) is 0 Å². The Balaban J connectivity index is 1.79. The Morgan fingerprint density at radius 2 is 1.86 bits per heavy atom. The molecule has 2 aliphatic carbocycles. The summed E-state index contributed by atoms with van der Waals surface area (Å²) in [6.07, 6.45) is 6.68. The Morgan fingerprint density at radius 3 is 2.48 bits per heavy atom. The van der Waals surface area contributed by atoms with Crippen molar-refractivity contribution in [3.05, 3.63) is 28.8 Å². The minimum Gasteiger partial charge on any atom is -0.426 e. The first-order chi connectivity index (χ1) is 9.94. The van der Waals surface area contributed by atoms with E-state index in [0.717, 1.165) is 31.2 Å². The van der Waals surface area contributed by atoms with Gasteiger partial charge in [-0.25, -0.2) is 0 Å². The van der Waals surface area contributed by atoms with Gasteiger partial charge in [0, 0.05) is 5.02 Å². The fraction of sp³-hybridized carbons (Fsp3) is 0.611. The zero-order valence-electron chi connectivity index (χ0n) is 12.8. The molecule has 0 radical (unpaired) electrons. The summed E-state index contributed by atoms with van der Waals surface area (Å²) in [6.45, 7) is 4.66. The van der Waals surface area contributed by atoms with E-state index in [1.54, 1.807) is 6.07 Å². The molecule has 2 nitrogen and oxygen atoms in total. The third-order valence-electron chi connectivity index (χ3n) is 4.88. The van der Waals surface area contributed by atoms with Crippen LogP contribution in [0.3, 0.4) is 0 Å². The van der Waals surface area contributed by atoms with Crippen LogP contribution in [-0.4, -0.2) is 5.97 Å². The largest absolute Gasteiger partial charge is 0.426 e. The summed E-state index contributed by atoms with van der Waals surface area (Å²) in [5, 5.41) is 0.633. The maximum absolute atomic E-state index is 12.0. The van der Waals surface area contributed by atoms with E-state index >= 15 is 0 Å². The number of carbonyl (C=O) groups is 1. The van der Waals surface area contributed by atoms with Crippen molar-refractivity contribution in [2.75, 3.05) is 0 Å². The molecule has 0 atom stereocenters. The molecule has 0 aromatic heterocycles. The summed E-state index contributed by atoms with van der Waals surface area (Å²) in [5.74, 6) is 1.19. The highest BCUT2D eigenvalue weighted by atomic mass is 35.5. The SMILES string of the molecule is CC1(C)CCC(c2ccc(Cl)cc2OC(=O)C2CC2)CC1. The second-order valence-corrected chi connectivity index (χ2v) is 7.75. The number of hydrogen-bond acceptors (Lipinski definition) is 2. The van der Waals surface area contributed by atoms with Crippen molar-refractivity contribution < 1.29 is 9.53 Å². The number of halogens is 1. The third kappa shape index (κ3) is 3.60. The Labute approximate surface area is 131 Å². The predicted octanol–water partition coefficient (Wildman–Crippen LogP) is 5.34. The van der Waals surface area contributed by atoms with Crippen LogP contribution in [0.25, 0.3) is 0 Å². The predicted molar refractivity (Wildman–Crippen MR) is 84.8 cm³/mol. The molecule has 0 amide bonds. The number of esters is 1. The van der Waals surface area contributed by atoms with Gasteiger partial charge in [-0.05, 0) is 67.6 Å². The molecular formula is C18H23ClO2. The minimum atomic E-state index is -0.0883. The lowest BCUT2D eigenvalue weighted by Gasteiger charge is -2.35. The Hall–Kier alpha value is -1.02. The van der Waals surface area contributed by atoms with E-state index < -0.39 is 0 Å². The fourth-order valence-corrected chi connectivity index (χ4v) is 3.32. The molecule has 2 aliphatic rings. The van der Waals surface area contributed by atoms with Gasteiger partial charge >= 0.3 is 5.97 Å². The van der Waals surface area contributed by atoms with Crippen LogP contribution in [-0.2, 0) is 4.79 Å². The zero-order chi connectivity index (χ0) is 15.0. The van der Waals surface area contributed by atoms with E-state index in [9.17, 15) is 4.79 Å². The molecule has 1 aromatic carbocycles. The third-order valence-corrected chi connectivity index (χ3v) is 5.11. The van der Waals surface area contributed by atoms with Gasteiger partial charge in [-0.3, -0.25) is 4.79 Å². The number of benzene rings is 1. The van der Waals surface area contributed by atoms with Crippen LogP contribution in [0.15, 0.2) is 18.2 Å². The molecule has 0 saturated heterocycles. The zero-order valence-corrected chi connectivity index (χ0v) is 13.6. The lowest BCUT2D eigenvalue weighted by molar-refractivity contribution is -0.135. The van der Waals surface area contributed by atoms with Crippen LogP contribution < -0.4 is 4.74 Å². The molecular weight excluding hydrogens is 284 g/mol. The lowest BCUT2D eigenvalue weighted by Crippen LogP contribution is -2.21. The normalized spacial score (nSPS) is 22.0. The number of hydrogen-bond donors (Lipinski definition) is 0. The monoisotopic (exact) mass is 306 g/mol. The molecule has 1 aromatic rings. The lowest BCUT2D eigenvalue weighted by atomic mass is 9.71. The maximum Gasteiger partial charge on any atom is 0.314 e. The van der Waals surface area contributed by atoms with Gasteiger partial charge in [-0.15, -0.1) is 0 Å².